The molecule has 1 aromatic carbocycles. The Labute approximate surface area is 171 Å². The van der Waals surface area contributed by atoms with Gasteiger partial charge in [-0.2, -0.15) is 0 Å². The fraction of sp³-hybridized carbons (Fsp3) is 0.435. The van der Waals surface area contributed by atoms with Gasteiger partial charge in [-0.15, -0.1) is 0 Å². The van der Waals surface area contributed by atoms with Crippen molar-refractivity contribution < 1.29 is 9.59 Å². The second-order valence-electron chi connectivity index (χ2n) is 8.14. The summed E-state index contributed by atoms with van der Waals surface area (Å²) in [6.07, 6.45) is 11.0. The highest BCUT2D eigenvalue weighted by Gasteiger charge is 2.31. The van der Waals surface area contributed by atoms with Gasteiger partial charge in [-0.3, -0.25) is 14.6 Å². The predicted octanol–water partition coefficient (Wildman–Crippen LogP) is 3.78. The number of hydrogen-bond donors (Lipinski definition) is 3. The van der Waals surface area contributed by atoms with Crippen molar-refractivity contribution in [2.45, 2.75) is 57.0 Å². The first kappa shape index (κ1) is 19.4. The standard InChI is InChI=1S/C23H28N4O2/c28-22(17-6-3-7-20(15-17)25-19-10-12-24-13-11-19)27-21(14-16-4-1-2-5-16)23(29)26-18-8-9-18/h3,6-7,10-13,15-16,18,21H,1-2,4-5,8-9,14H2,(H,24,25)(H,26,29)(H,27,28)/t21-/m0/s1. The normalized spacial score (nSPS) is 17.5. The topological polar surface area (TPSA) is 83.1 Å². The minimum absolute atomic E-state index is 0.0428. The van der Waals surface area contributed by atoms with Crippen molar-refractivity contribution in [2.75, 3.05) is 5.32 Å². The van der Waals surface area contributed by atoms with Crippen LogP contribution in [0, 0.1) is 5.92 Å². The number of amides is 2. The maximum atomic E-state index is 12.9. The Hall–Kier alpha value is -2.89. The van der Waals surface area contributed by atoms with E-state index in [1.165, 1.54) is 12.8 Å². The van der Waals surface area contributed by atoms with Gasteiger partial charge in [0, 0.05) is 35.4 Å². The van der Waals surface area contributed by atoms with Crippen molar-refractivity contribution in [3.63, 3.8) is 0 Å². The summed E-state index contributed by atoms with van der Waals surface area (Å²) in [5, 5.41) is 9.32. The Kier molecular flexibility index (Phi) is 6.08. The van der Waals surface area contributed by atoms with Gasteiger partial charge in [0.1, 0.15) is 6.04 Å². The van der Waals surface area contributed by atoms with E-state index in [1.807, 2.05) is 24.3 Å². The molecule has 0 unspecified atom stereocenters. The third-order valence-corrected chi connectivity index (χ3v) is 5.68. The van der Waals surface area contributed by atoms with E-state index in [9.17, 15) is 9.59 Å². The molecule has 1 heterocycles. The van der Waals surface area contributed by atoms with Crippen LogP contribution in [-0.2, 0) is 4.79 Å². The lowest BCUT2D eigenvalue weighted by Gasteiger charge is -2.21. The van der Waals surface area contributed by atoms with Gasteiger partial charge < -0.3 is 16.0 Å². The fourth-order valence-corrected chi connectivity index (χ4v) is 3.92. The summed E-state index contributed by atoms with van der Waals surface area (Å²) >= 11 is 0. The van der Waals surface area contributed by atoms with E-state index in [2.05, 4.69) is 20.9 Å². The lowest BCUT2D eigenvalue weighted by Crippen LogP contribution is -2.48. The average molecular weight is 393 g/mol. The molecule has 2 aliphatic carbocycles. The van der Waals surface area contributed by atoms with Crippen LogP contribution in [0.1, 0.15) is 55.3 Å². The molecule has 2 aliphatic rings. The molecule has 0 radical (unpaired) electrons. The molecule has 1 aromatic heterocycles. The van der Waals surface area contributed by atoms with Crippen LogP contribution >= 0.6 is 0 Å². The molecule has 2 amide bonds. The third-order valence-electron chi connectivity index (χ3n) is 5.68. The van der Waals surface area contributed by atoms with Crippen LogP contribution in [0.3, 0.4) is 0 Å². The van der Waals surface area contributed by atoms with Gasteiger partial charge in [0.2, 0.25) is 5.91 Å². The van der Waals surface area contributed by atoms with Crippen molar-refractivity contribution in [1.29, 1.82) is 0 Å². The van der Waals surface area contributed by atoms with E-state index in [-0.39, 0.29) is 11.8 Å². The molecule has 3 N–H and O–H groups in total. The Morgan fingerprint density at radius 1 is 1.00 bits per heavy atom. The average Bonchev–Trinajstić information content (AvgIpc) is 3.40. The van der Waals surface area contributed by atoms with Gasteiger partial charge in [0.05, 0.1) is 0 Å². The van der Waals surface area contributed by atoms with Crippen molar-refractivity contribution in [3.8, 4) is 0 Å². The Balaban J connectivity index is 1.43. The van der Waals surface area contributed by atoms with Gasteiger partial charge in [-0.25, -0.2) is 0 Å². The summed E-state index contributed by atoms with van der Waals surface area (Å²) in [7, 11) is 0. The highest BCUT2D eigenvalue weighted by Crippen LogP contribution is 2.29. The van der Waals surface area contributed by atoms with Crippen LogP contribution in [0.15, 0.2) is 48.8 Å². The molecule has 6 nitrogen and oxygen atoms in total. The van der Waals surface area contributed by atoms with Crippen LogP contribution < -0.4 is 16.0 Å². The molecule has 0 bridgehead atoms. The number of benzene rings is 1. The van der Waals surface area contributed by atoms with E-state index >= 15 is 0 Å². The van der Waals surface area contributed by atoms with Gasteiger partial charge in [-0.1, -0.05) is 31.7 Å². The molecule has 2 saturated carbocycles. The zero-order chi connectivity index (χ0) is 20.1. The second kappa shape index (κ2) is 9.07. The first-order valence-electron chi connectivity index (χ1n) is 10.6. The first-order chi connectivity index (χ1) is 14.2. The summed E-state index contributed by atoms with van der Waals surface area (Å²) < 4.78 is 0. The van der Waals surface area contributed by atoms with Crippen molar-refractivity contribution in [3.05, 3.63) is 54.4 Å². The Bertz CT molecular complexity index is 845. The van der Waals surface area contributed by atoms with Crippen LogP contribution in [0.2, 0.25) is 0 Å². The molecule has 1 atom stereocenters. The largest absolute Gasteiger partial charge is 0.355 e. The van der Waals surface area contributed by atoms with E-state index in [0.29, 0.717) is 17.5 Å². The number of hydrogen-bond acceptors (Lipinski definition) is 4. The van der Waals surface area contributed by atoms with E-state index in [1.54, 1.807) is 24.5 Å². The third kappa shape index (κ3) is 5.56. The fourth-order valence-electron chi connectivity index (χ4n) is 3.92. The van der Waals surface area contributed by atoms with Crippen LogP contribution in [0.25, 0.3) is 0 Å². The van der Waals surface area contributed by atoms with Crippen LogP contribution in [-0.4, -0.2) is 28.9 Å². The highest BCUT2D eigenvalue weighted by atomic mass is 16.2. The molecular weight excluding hydrogens is 364 g/mol. The summed E-state index contributed by atoms with van der Waals surface area (Å²) in [5.41, 5.74) is 2.26. The number of pyridine rings is 1. The van der Waals surface area contributed by atoms with E-state index in [0.717, 1.165) is 43.5 Å². The highest BCUT2D eigenvalue weighted by molar-refractivity contribution is 5.98. The van der Waals surface area contributed by atoms with E-state index < -0.39 is 6.04 Å². The number of carbonyl (C=O) groups is 2. The minimum Gasteiger partial charge on any atom is -0.355 e. The lowest BCUT2D eigenvalue weighted by atomic mass is 9.97. The summed E-state index contributed by atoms with van der Waals surface area (Å²) in [5.74, 6) is 0.265. The van der Waals surface area contributed by atoms with Gasteiger partial charge in [0.15, 0.2) is 0 Å². The molecular formula is C23H28N4O2. The van der Waals surface area contributed by atoms with Gasteiger partial charge in [0.25, 0.3) is 5.91 Å². The number of nitrogens with zero attached hydrogens (tertiary/aromatic N) is 1. The number of aromatic nitrogens is 1. The summed E-state index contributed by atoms with van der Waals surface area (Å²) in [6, 6.07) is 10.9. The molecule has 2 aromatic rings. The monoisotopic (exact) mass is 392 g/mol. The predicted molar refractivity (Wildman–Crippen MR) is 113 cm³/mol. The first-order valence-corrected chi connectivity index (χ1v) is 10.6. The molecule has 29 heavy (non-hydrogen) atoms. The zero-order valence-corrected chi connectivity index (χ0v) is 16.6. The number of anilines is 2. The summed E-state index contributed by atoms with van der Waals surface area (Å²) in [6.45, 7) is 0. The van der Waals surface area contributed by atoms with Crippen molar-refractivity contribution in [1.82, 2.24) is 15.6 Å². The molecule has 152 valence electrons. The van der Waals surface area contributed by atoms with E-state index in [4.69, 9.17) is 0 Å². The van der Waals surface area contributed by atoms with Crippen molar-refractivity contribution >= 4 is 23.2 Å². The molecule has 4 rings (SSSR count). The molecule has 0 spiro atoms. The number of carbonyl (C=O) groups excluding carboxylic acids is 2. The van der Waals surface area contributed by atoms with Gasteiger partial charge >= 0.3 is 0 Å². The number of nitrogens with one attached hydrogen (secondary N) is 3. The maximum Gasteiger partial charge on any atom is 0.252 e. The zero-order valence-electron chi connectivity index (χ0n) is 16.6. The summed E-state index contributed by atoms with van der Waals surface area (Å²) in [4.78, 5) is 29.6. The van der Waals surface area contributed by atoms with Crippen LogP contribution in [0.5, 0.6) is 0 Å². The molecule has 6 heteroatoms. The Morgan fingerprint density at radius 3 is 2.48 bits per heavy atom. The smallest absolute Gasteiger partial charge is 0.252 e. The number of rotatable bonds is 8. The SMILES string of the molecule is O=C(N[C@@H](CC1CCCC1)C(=O)NC1CC1)c1cccc(Nc2ccncc2)c1. The van der Waals surface area contributed by atoms with Crippen LogP contribution in [0.4, 0.5) is 11.4 Å². The molecule has 2 fully saturated rings. The maximum absolute atomic E-state index is 12.9. The molecule has 0 aliphatic heterocycles. The quantitative estimate of drug-likeness (QED) is 0.638. The minimum atomic E-state index is -0.469. The second-order valence-corrected chi connectivity index (χ2v) is 8.14. The molecule has 0 saturated heterocycles. The lowest BCUT2D eigenvalue weighted by molar-refractivity contribution is -0.123. The van der Waals surface area contributed by atoms with Crippen molar-refractivity contribution in [2.24, 2.45) is 5.92 Å². The van der Waals surface area contributed by atoms with Gasteiger partial charge in [-0.05, 0) is 55.5 Å². The Morgan fingerprint density at radius 2 is 1.76 bits per heavy atom.